The highest BCUT2D eigenvalue weighted by atomic mass is 32.1. The number of rotatable bonds is 5. The molecule has 0 aliphatic carbocycles. The van der Waals surface area contributed by atoms with Gasteiger partial charge in [0.1, 0.15) is 4.88 Å². The second-order valence-electron chi connectivity index (χ2n) is 5.47. The van der Waals surface area contributed by atoms with Gasteiger partial charge >= 0.3 is 5.97 Å². The van der Waals surface area contributed by atoms with Gasteiger partial charge in [0.25, 0.3) is 0 Å². The van der Waals surface area contributed by atoms with Crippen molar-refractivity contribution in [3.05, 3.63) is 10.6 Å². The Labute approximate surface area is 132 Å². The standard InChI is InChI=1S/C13H20N4O4S/c1-13(2,3)10-9(11(20)21-4)22-12(17-10)16-8(19)6-15-7(18)5-14/h5-6,14H2,1-4H3,(H,15,18)(H,16,17,19). The quantitative estimate of drug-likeness (QED) is 0.665. The van der Waals surface area contributed by atoms with Crippen LogP contribution >= 0.6 is 11.3 Å². The molecule has 1 heterocycles. The number of esters is 1. The summed E-state index contributed by atoms with van der Waals surface area (Å²) in [5, 5.41) is 5.16. The Morgan fingerprint density at radius 3 is 2.41 bits per heavy atom. The van der Waals surface area contributed by atoms with Crippen LogP contribution in [-0.2, 0) is 19.7 Å². The molecule has 0 aromatic carbocycles. The van der Waals surface area contributed by atoms with E-state index in [9.17, 15) is 14.4 Å². The van der Waals surface area contributed by atoms with Crippen LogP contribution in [0.15, 0.2) is 0 Å². The van der Waals surface area contributed by atoms with Crippen LogP contribution in [0.2, 0.25) is 0 Å². The van der Waals surface area contributed by atoms with Crippen molar-refractivity contribution in [2.24, 2.45) is 5.73 Å². The maximum atomic E-state index is 11.8. The number of carbonyl (C=O) groups excluding carboxylic acids is 3. The molecule has 0 aliphatic rings. The summed E-state index contributed by atoms with van der Waals surface area (Å²) in [7, 11) is 1.29. The molecular formula is C13H20N4O4S. The summed E-state index contributed by atoms with van der Waals surface area (Å²) in [6, 6.07) is 0. The zero-order valence-corrected chi connectivity index (χ0v) is 13.8. The van der Waals surface area contributed by atoms with Crippen LogP contribution in [0.5, 0.6) is 0 Å². The minimum Gasteiger partial charge on any atom is -0.465 e. The van der Waals surface area contributed by atoms with E-state index in [1.807, 2.05) is 20.8 Å². The maximum Gasteiger partial charge on any atom is 0.350 e. The first-order valence-corrected chi connectivity index (χ1v) is 7.37. The van der Waals surface area contributed by atoms with E-state index < -0.39 is 17.8 Å². The molecule has 0 spiro atoms. The third-order valence-corrected chi connectivity index (χ3v) is 3.54. The molecule has 122 valence electrons. The van der Waals surface area contributed by atoms with E-state index in [4.69, 9.17) is 10.5 Å². The van der Waals surface area contributed by atoms with Gasteiger partial charge in [-0.3, -0.25) is 9.59 Å². The molecule has 1 aromatic rings. The van der Waals surface area contributed by atoms with Crippen LogP contribution in [0.25, 0.3) is 0 Å². The van der Waals surface area contributed by atoms with Gasteiger partial charge < -0.3 is 21.1 Å². The van der Waals surface area contributed by atoms with Crippen molar-refractivity contribution in [1.29, 1.82) is 0 Å². The third kappa shape index (κ3) is 4.78. The number of aromatic nitrogens is 1. The average Bonchev–Trinajstić information content (AvgIpc) is 2.87. The fraction of sp³-hybridized carbons (Fsp3) is 0.538. The zero-order valence-electron chi connectivity index (χ0n) is 13.0. The summed E-state index contributed by atoms with van der Waals surface area (Å²) < 4.78 is 4.73. The molecule has 0 aliphatic heterocycles. The largest absolute Gasteiger partial charge is 0.465 e. The van der Waals surface area contributed by atoms with E-state index in [0.717, 1.165) is 11.3 Å². The SMILES string of the molecule is COC(=O)c1sc(NC(=O)CNC(=O)CN)nc1C(C)(C)C. The number of ether oxygens (including phenoxy) is 1. The van der Waals surface area contributed by atoms with Crippen molar-refractivity contribution < 1.29 is 19.1 Å². The molecular weight excluding hydrogens is 308 g/mol. The van der Waals surface area contributed by atoms with E-state index >= 15 is 0 Å². The number of amides is 2. The number of hydrogen-bond acceptors (Lipinski definition) is 7. The zero-order chi connectivity index (χ0) is 16.9. The highest BCUT2D eigenvalue weighted by molar-refractivity contribution is 7.17. The predicted octanol–water partition coefficient (Wildman–Crippen LogP) is 0.241. The Kier molecular flexibility index (Phi) is 6.01. The van der Waals surface area contributed by atoms with E-state index in [2.05, 4.69) is 15.6 Å². The lowest BCUT2D eigenvalue weighted by Gasteiger charge is -2.16. The summed E-state index contributed by atoms with van der Waals surface area (Å²) in [5.41, 5.74) is 5.29. The Morgan fingerprint density at radius 1 is 1.27 bits per heavy atom. The molecule has 2 amide bonds. The molecule has 0 unspecified atom stereocenters. The summed E-state index contributed by atoms with van der Waals surface area (Å²) >= 11 is 1.03. The number of anilines is 1. The first-order chi connectivity index (χ1) is 10.2. The van der Waals surface area contributed by atoms with E-state index in [-0.39, 0.29) is 23.6 Å². The highest BCUT2D eigenvalue weighted by Gasteiger charge is 2.28. The molecule has 4 N–H and O–H groups in total. The lowest BCUT2D eigenvalue weighted by Crippen LogP contribution is -2.36. The van der Waals surface area contributed by atoms with Crippen molar-refractivity contribution in [3.8, 4) is 0 Å². The number of methoxy groups -OCH3 is 1. The van der Waals surface area contributed by atoms with Crippen LogP contribution in [0.4, 0.5) is 5.13 Å². The van der Waals surface area contributed by atoms with Gasteiger partial charge in [0, 0.05) is 5.41 Å². The first-order valence-electron chi connectivity index (χ1n) is 6.55. The summed E-state index contributed by atoms with van der Waals surface area (Å²) in [5.74, 6) is -1.38. The van der Waals surface area contributed by atoms with Crippen LogP contribution in [-0.4, -0.2) is 43.0 Å². The number of nitrogens with one attached hydrogen (secondary N) is 2. The molecule has 1 rings (SSSR count). The van der Waals surface area contributed by atoms with E-state index in [1.165, 1.54) is 7.11 Å². The van der Waals surface area contributed by atoms with Gasteiger partial charge in [-0.15, -0.1) is 0 Å². The molecule has 8 nitrogen and oxygen atoms in total. The van der Waals surface area contributed by atoms with Gasteiger partial charge in [-0.05, 0) is 0 Å². The number of hydrogen-bond donors (Lipinski definition) is 3. The van der Waals surface area contributed by atoms with Crippen molar-refractivity contribution in [3.63, 3.8) is 0 Å². The Bertz CT molecular complexity index is 577. The van der Waals surface area contributed by atoms with Gasteiger partial charge in [-0.25, -0.2) is 9.78 Å². The number of thiazole rings is 1. The van der Waals surface area contributed by atoms with Crippen LogP contribution in [0.3, 0.4) is 0 Å². The molecule has 9 heteroatoms. The predicted molar refractivity (Wildman–Crippen MR) is 82.8 cm³/mol. The van der Waals surface area contributed by atoms with Crippen LogP contribution in [0, 0.1) is 0 Å². The molecule has 22 heavy (non-hydrogen) atoms. The van der Waals surface area contributed by atoms with Crippen LogP contribution in [0.1, 0.15) is 36.1 Å². The number of nitrogens with zero attached hydrogens (tertiary/aromatic N) is 1. The molecule has 0 fully saturated rings. The Hall–Kier alpha value is -2.00. The lowest BCUT2D eigenvalue weighted by molar-refractivity contribution is -0.123. The Balaban J connectivity index is 2.88. The van der Waals surface area contributed by atoms with Gasteiger partial charge in [0.15, 0.2) is 5.13 Å². The minimum absolute atomic E-state index is 0.189. The van der Waals surface area contributed by atoms with Gasteiger partial charge in [-0.2, -0.15) is 0 Å². The molecule has 0 radical (unpaired) electrons. The van der Waals surface area contributed by atoms with Crippen molar-refractivity contribution >= 4 is 34.3 Å². The molecule has 0 atom stereocenters. The van der Waals surface area contributed by atoms with Gasteiger partial charge in [0.05, 0.1) is 25.9 Å². The number of nitrogens with two attached hydrogens (primary N) is 1. The lowest BCUT2D eigenvalue weighted by atomic mass is 9.91. The maximum absolute atomic E-state index is 11.8. The minimum atomic E-state index is -0.501. The fourth-order valence-corrected chi connectivity index (χ4v) is 2.64. The second kappa shape index (κ2) is 7.32. The van der Waals surface area contributed by atoms with E-state index in [0.29, 0.717) is 10.6 Å². The molecule has 0 saturated heterocycles. The molecule has 0 bridgehead atoms. The van der Waals surface area contributed by atoms with E-state index in [1.54, 1.807) is 0 Å². The topological polar surface area (TPSA) is 123 Å². The third-order valence-electron chi connectivity index (χ3n) is 2.59. The monoisotopic (exact) mass is 328 g/mol. The number of carbonyl (C=O) groups is 3. The summed E-state index contributed by atoms with van der Waals surface area (Å²) in [6.07, 6.45) is 0. The summed E-state index contributed by atoms with van der Waals surface area (Å²) in [6.45, 7) is 5.31. The first kappa shape index (κ1) is 18.1. The second-order valence-corrected chi connectivity index (χ2v) is 6.47. The Morgan fingerprint density at radius 2 is 1.91 bits per heavy atom. The smallest absolute Gasteiger partial charge is 0.350 e. The highest BCUT2D eigenvalue weighted by Crippen LogP contribution is 2.32. The van der Waals surface area contributed by atoms with Gasteiger partial charge in [0.2, 0.25) is 11.8 Å². The van der Waals surface area contributed by atoms with Crippen molar-refractivity contribution in [2.75, 3.05) is 25.5 Å². The summed E-state index contributed by atoms with van der Waals surface area (Å²) in [4.78, 5) is 39.2. The van der Waals surface area contributed by atoms with Crippen molar-refractivity contribution in [1.82, 2.24) is 10.3 Å². The molecule has 1 aromatic heterocycles. The average molecular weight is 328 g/mol. The normalized spacial score (nSPS) is 11.0. The van der Waals surface area contributed by atoms with Crippen LogP contribution < -0.4 is 16.4 Å². The molecule has 0 saturated carbocycles. The van der Waals surface area contributed by atoms with Gasteiger partial charge in [-0.1, -0.05) is 32.1 Å². The fourth-order valence-electron chi connectivity index (χ4n) is 1.53. The van der Waals surface area contributed by atoms with Crippen molar-refractivity contribution in [2.45, 2.75) is 26.2 Å².